The molecule has 0 radical (unpaired) electrons. The van der Waals surface area contributed by atoms with E-state index in [4.69, 9.17) is 9.88 Å². The SMILES string of the molecule is NS(=O)(=O)CCCOCc1ccccc1Br. The van der Waals surface area contributed by atoms with Crippen molar-refractivity contribution in [1.82, 2.24) is 0 Å². The van der Waals surface area contributed by atoms with E-state index in [0.29, 0.717) is 19.6 Å². The summed E-state index contributed by atoms with van der Waals surface area (Å²) < 4.78 is 27.6. The van der Waals surface area contributed by atoms with Crippen molar-refractivity contribution in [2.45, 2.75) is 13.0 Å². The summed E-state index contributed by atoms with van der Waals surface area (Å²) in [6.07, 6.45) is 0.420. The summed E-state index contributed by atoms with van der Waals surface area (Å²) in [5.74, 6) is -0.0387. The number of ether oxygens (including phenoxy) is 1. The lowest BCUT2D eigenvalue weighted by Gasteiger charge is -2.05. The molecule has 4 nitrogen and oxygen atoms in total. The fourth-order valence-corrected chi connectivity index (χ4v) is 2.08. The van der Waals surface area contributed by atoms with E-state index in [1.807, 2.05) is 24.3 Å². The summed E-state index contributed by atoms with van der Waals surface area (Å²) in [6.45, 7) is 0.851. The number of hydrogen-bond donors (Lipinski definition) is 1. The van der Waals surface area contributed by atoms with Gasteiger partial charge in [-0.25, -0.2) is 13.6 Å². The number of rotatable bonds is 6. The van der Waals surface area contributed by atoms with Crippen LogP contribution in [0, 0.1) is 0 Å². The van der Waals surface area contributed by atoms with Crippen molar-refractivity contribution in [2.75, 3.05) is 12.4 Å². The summed E-state index contributed by atoms with van der Waals surface area (Å²) in [7, 11) is -3.37. The Labute approximate surface area is 104 Å². The number of halogens is 1. The molecule has 0 aliphatic rings. The average Bonchev–Trinajstić information content (AvgIpc) is 2.18. The molecular weight excluding hydrogens is 294 g/mol. The summed E-state index contributed by atoms with van der Waals surface area (Å²) >= 11 is 3.40. The molecule has 0 spiro atoms. The van der Waals surface area contributed by atoms with E-state index in [2.05, 4.69) is 15.9 Å². The van der Waals surface area contributed by atoms with Crippen LogP contribution in [0.1, 0.15) is 12.0 Å². The van der Waals surface area contributed by atoms with Gasteiger partial charge in [0.25, 0.3) is 0 Å². The van der Waals surface area contributed by atoms with Crippen molar-refractivity contribution in [3.8, 4) is 0 Å². The van der Waals surface area contributed by atoms with Gasteiger partial charge in [-0.05, 0) is 18.1 Å². The van der Waals surface area contributed by atoms with Crippen LogP contribution in [0.15, 0.2) is 28.7 Å². The molecule has 2 N–H and O–H groups in total. The second-order valence-electron chi connectivity index (χ2n) is 3.36. The molecule has 1 aromatic rings. The van der Waals surface area contributed by atoms with Gasteiger partial charge in [-0.2, -0.15) is 0 Å². The largest absolute Gasteiger partial charge is 0.377 e. The van der Waals surface area contributed by atoms with E-state index in [0.717, 1.165) is 10.0 Å². The molecule has 6 heteroatoms. The second-order valence-corrected chi connectivity index (χ2v) is 5.95. The van der Waals surface area contributed by atoms with Gasteiger partial charge in [-0.3, -0.25) is 0 Å². The Morgan fingerprint density at radius 3 is 2.62 bits per heavy atom. The van der Waals surface area contributed by atoms with E-state index < -0.39 is 10.0 Å². The van der Waals surface area contributed by atoms with Crippen LogP contribution in [0.5, 0.6) is 0 Å². The molecule has 0 heterocycles. The number of nitrogens with two attached hydrogens (primary N) is 1. The topological polar surface area (TPSA) is 69.4 Å². The lowest BCUT2D eigenvalue weighted by Crippen LogP contribution is -2.17. The van der Waals surface area contributed by atoms with Gasteiger partial charge in [-0.15, -0.1) is 0 Å². The molecule has 90 valence electrons. The zero-order valence-electron chi connectivity index (χ0n) is 8.73. The first-order valence-corrected chi connectivity index (χ1v) is 7.31. The molecule has 0 bridgehead atoms. The predicted molar refractivity (Wildman–Crippen MR) is 66.4 cm³/mol. The quantitative estimate of drug-likeness (QED) is 0.812. The van der Waals surface area contributed by atoms with Crippen molar-refractivity contribution < 1.29 is 13.2 Å². The number of primary sulfonamides is 1. The van der Waals surface area contributed by atoms with E-state index >= 15 is 0 Å². The molecule has 0 aliphatic carbocycles. The predicted octanol–water partition coefficient (Wildman–Crippen LogP) is 1.64. The van der Waals surface area contributed by atoms with Crippen LogP contribution in [0.3, 0.4) is 0 Å². The third-order valence-corrected chi connectivity index (χ3v) is 3.56. The molecule has 0 saturated heterocycles. The van der Waals surface area contributed by atoms with Crippen molar-refractivity contribution in [2.24, 2.45) is 5.14 Å². The van der Waals surface area contributed by atoms with E-state index in [1.54, 1.807) is 0 Å². The average molecular weight is 308 g/mol. The van der Waals surface area contributed by atoms with Crippen LogP contribution < -0.4 is 5.14 Å². The maximum Gasteiger partial charge on any atom is 0.209 e. The highest BCUT2D eigenvalue weighted by molar-refractivity contribution is 9.10. The van der Waals surface area contributed by atoms with Crippen LogP contribution in [-0.4, -0.2) is 20.8 Å². The molecule has 0 aromatic heterocycles. The maximum absolute atomic E-state index is 10.6. The molecule has 0 fully saturated rings. The third kappa shape index (κ3) is 5.60. The van der Waals surface area contributed by atoms with Crippen LogP contribution in [0.2, 0.25) is 0 Å². The Morgan fingerprint density at radius 2 is 2.00 bits per heavy atom. The molecule has 1 aromatic carbocycles. The fraction of sp³-hybridized carbons (Fsp3) is 0.400. The molecule has 0 amide bonds. The summed E-state index contributed by atoms with van der Waals surface area (Å²) in [5, 5.41) is 4.86. The van der Waals surface area contributed by atoms with E-state index in [1.165, 1.54) is 0 Å². The molecule has 0 atom stereocenters. The van der Waals surface area contributed by atoms with Gasteiger partial charge < -0.3 is 4.74 Å². The first kappa shape index (κ1) is 13.6. The Bertz CT molecular complexity index is 433. The van der Waals surface area contributed by atoms with E-state index in [9.17, 15) is 8.42 Å². The van der Waals surface area contributed by atoms with Crippen molar-refractivity contribution in [1.29, 1.82) is 0 Å². The Morgan fingerprint density at radius 1 is 1.31 bits per heavy atom. The Balaban J connectivity index is 2.24. The smallest absolute Gasteiger partial charge is 0.209 e. The summed E-state index contributed by atoms with van der Waals surface area (Å²) in [5.41, 5.74) is 1.04. The lowest BCUT2D eigenvalue weighted by atomic mass is 10.2. The third-order valence-electron chi connectivity index (χ3n) is 1.93. The van der Waals surface area contributed by atoms with Crippen LogP contribution in [0.25, 0.3) is 0 Å². The summed E-state index contributed by atoms with van der Waals surface area (Å²) in [6, 6.07) is 7.73. The van der Waals surface area contributed by atoms with Crippen molar-refractivity contribution in [3.05, 3.63) is 34.3 Å². The first-order valence-electron chi connectivity index (χ1n) is 4.80. The minimum absolute atomic E-state index is 0.0387. The zero-order valence-corrected chi connectivity index (χ0v) is 11.1. The van der Waals surface area contributed by atoms with Crippen molar-refractivity contribution in [3.63, 3.8) is 0 Å². The Hall–Kier alpha value is -0.430. The van der Waals surface area contributed by atoms with Gasteiger partial charge in [0.1, 0.15) is 0 Å². The maximum atomic E-state index is 10.6. The van der Waals surface area contributed by atoms with Gasteiger partial charge in [-0.1, -0.05) is 34.1 Å². The molecule has 0 saturated carbocycles. The first-order chi connectivity index (χ1) is 7.49. The van der Waals surface area contributed by atoms with E-state index in [-0.39, 0.29) is 5.75 Å². The standard InChI is InChI=1S/C10H14BrNO3S/c11-10-5-2-1-4-9(10)8-15-6-3-7-16(12,13)14/h1-2,4-5H,3,6-8H2,(H2,12,13,14). The minimum Gasteiger partial charge on any atom is -0.377 e. The van der Waals surface area contributed by atoms with Crippen LogP contribution >= 0.6 is 15.9 Å². The summed E-state index contributed by atoms with van der Waals surface area (Å²) in [4.78, 5) is 0. The van der Waals surface area contributed by atoms with Crippen molar-refractivity contribution >= 4 is 26.0 Å². The normalized spacial score (nSPS) is 11.6. The second kappa shape index (κ2) is 6.34. The molecule has 16 heavy (non-hydrogen) atoms. The molecule has 1 rings (SSSR count). The lowest BCUT2D eigenvalue weighted by molar-refractivity contribution is 0.121. The van der Waals surface area contributed by atoms with Gasteiger partial charge >= 0.3 is 0 Å². The zero-order chi connectivity index (χ0) is 12.0. The van der Waals surface area contributed by atoms with Crippen LogP contribution in [-0.2, 0) is 21.4 Å². The van der Waals surface area contributed by atoms with Gasteiger partial charge in [0, 0.05) is 11.1 Å². The van der Waals surface area contributed by atoms with Gasteiger partial charge in [0.2, 0.25) is 10.0 Å². The fourth-order valence-electron chi connectivity index (χ4n) is 1.16. The van der Waals surface area contributed by atoms with Gasteiger partial charge in [0.05, 0.1) is 12.4 Å². The minimum atomic E-state index is -3.37. The highest BCUT2D eigenvalue weighted by Gasteiger charge is 2.02. The molecular formula is C10H14BrNO3S. The molecule has 0 aliphatic heterocycles. The van der Waals surface area contributed by atoms with Gasteiger partial charge in [0.15, 0.2) is 0 Å². The highest BCUT2D eigenvalue weighted by atomic mass is 79.9. The monoisotopic (exact) mass is 307 g/mol. The highest BCUT2D eigenvalue weighted by Crippen LogP contribution is 2.16. The molecule has 0 unspecified atom stereocenters. The Kier molecular flexibility index (Phi) is 5.40. The van der Waals surface area contributed by atoms with Crippen LogP contribution in [0.4, 0.5) is 0 Å². The number of sulfonamides is 1. The number of benzene rings is 1. The number of hydrogen-bond acceptors (Lipinski definition) is 3.